The zero-order chi connectivity index (χ0) is 13.8. The van der Waals surface area contributed by atoms with E-state index in [9.17, 15) is 0 Å². The van der Waals surface area contributed by atoms with Crippen LogP contribution in [-0.2, 0) is 4.74 Å². The van der Waals surface area contributed by atoms with Gasteiger partial charge in [0.05, 0.1) is 6.61 Å². The molecule has 2 aromatic heterocycles. The van der Waals surface area contributed by atoms with Crippen LogP contribution in [0.2, 0.25) is 5.28 Å². The fourth-order valence-electron chi connectivity index (χ4n) is 2.04. The Balaban J connectivity index is 1.69. The second kappa shape index (κ2) is 6.10. The number of nitrogens with one attached hydrogen (secondary N) is 1. The summed E-state index contributed by atoms with van der Waals surface area (Å²) in [7, 11) is 0. The van der Waals surface area contributed by atoms with Gasteiger partial charge in [0, 0.05) is 13.2 Å². The van der Waals surface area contributed by atoms with Crippen molar-refractivity contribution in [2.75, 3.05) is 25.1 Å². The van der Waals surface area contributed by atoms with Gasteiger partial charge in [-0.15, -0.1) is 0 Å². The Hall–Kier alpha value is -1.80. The van der Waals surface area contributed by atoms with Gasteiger partial charge in [0.25, 0.3) is 5.95 Å². The second-order valence-electron chi connectivity index (χ2n) is 4.53. The Morgan fingerprint density at radius 2 is 2.35 bits per heavy atom. The standard InChI is InChI=1S/C11H14ClN7O/c12-9-16-10(14-4-8-2-1-3-20-5-8)18-11(17-9)19-7-13-6-15-19/h6-8H,1-5H2,(H,14,16,17,18). The SMILES string of the molecule is Clc1nc(NCC2CCCOC2)nc(-n2cncn2)n1. The van der Waals surface area contributed by atoms with Gasteiger partial charge in [-0.25, -0.2) is 4.98 Å². The molecule has 2 aromatic rings. The largest absolute Gasteiger partial charge is 0.381 e. The zero-order valence-corrected chi connectivity index (χ0v) is 11.5. The number of ether oxygens (including phenoxy) is 1. The second-order valence-corrected chi connectivity index (χ2v) is 4.87. The van der Waals surface area contributed by atoms with Crippen LogP contribution in [0.3, 0.4) is 0 Å². The molecule has 8 nitrogen and oxygen atoms in total. The average molecular weight is 296 g/mol. The molecule has 3 heterocycles. The lowest BCUT2D eigenvalue weighted by molar-refractivity contribution is 0.0594. The van der Waals surface area contributed by atoms with Gasteiger partial charge in [-0.2, -0.15) is 24.7 Å². The Morgan fingerprint density at radius 3 is 3.10 bits per heavy atom. The molecule has 0 bridgehead atoms. The first kappa shape index (κ1) is 13.2. The van der Waals surface area contributed by atoms with Crippen molar-refractivity contribution < 1.29 is 4.74 Å². The summed E-state index contributed by atoms with van der Waals surface area (Å²) in [4.78, 5) is 16.2. The quantitative estimate of drug-likeness (QED) is 0.897. The molecule has 0 aliphatic carbocycles. The predicted molar refractivity (Wildman–Crippen MR) is 71.8 cm³/mol. The van der Waals surface area contributed by atoms with E-state index in [0.717, 1.165) is 32.6 Å². The summed E-state index contributed by atoms with van der Waals surface area (Å²) in [6.45, 7) is 2.36. The van der Waals surface area contributed by atoms with Gasteiger partial charge in [-0.3, -0.25) is 0 Å². The van der Waals surface area contributed by atoms with E-state index in [2.05, 4.69) is 30.4 Å². The highest BCUT2D eigenvalue weighted by atomic mass is 35.5. The van der Waals surface area contributed by atoms with Crippen LogP contribution in [0.15, 0.2) is 12.7 Å². The molecule has 1 atom stereocenters. The average Bonchev–Trinajstić information content (AvgIpc) is 3.00. The van der Waals surface area contributed by atoms with Gasteiger partial charge in [-0.05, 0) is 30.4 Å². The minimum Gasteiger partial charge on any atom is -0.381 e. The smallest absolute Gasteiger partial charge is 0.258 e. The summed E-state index contributed by atoms with van der Waals surface area (Å²) in [5, 5.41) is 7.25. The highest BCUT2D eigenvalue weighted by molar-refractivity contribution is 6.28. The molecule has 20 heavy (non-hydrogen) atoms. The topological polar surface area (TPSA) is 90.6 Å². The molecule has 0 spiro atoms. The first-order chi connectivity index (χ1) is 9.81. The molecule has 1 fully saturated rings. The van der Waals surface area contributed by atoms with Crippen LogP contribution in [0.1, 0.15) is 12.8 Å². The first-order valence-electron chi connectivity index (χ1n) is 6.39. The van der Waals surface area contributed by atoms with Gasteiger partial charge in [0.2, 0.25) is 11.2 Å². The van der Waals surface area contributed by atoms with E-state index in [0.29, 0.717) is 17.8 Å². The summed E-state index contributed by atoms with van der Waals surface area (Å²) in [5.41, 5.74) is 0. The van der Waals surface area contributed by atoms with Gasteiger partial charge >= 0.3 is 0 Å². The summed E-state index contributed by atoms with van der Waals surface area (Å²) >= 11 is 5.90. The molecule has 1 aliphatic rings. The minimum absolute atomic E-state index is 0.118. The van der Waals surface area contributed by atoms with E-state index in [1.165, 1.54) is 17.3 Å². The molecule has 0 radical (unpaired) electrons. The Labute approximate surface area is 120 Å². The van der Waals surface area contributed by atoms with E-state index in [4.69, 9.17) is 16.3 Å². The molecule has 1 aliphatic heterocycles. The van der Waals surface area contributed by atoms with Gasteiger partial charge in [0.1, 0.15) is 12.7 Å². The first-order valence-corrected chi connectivity index (χ1v) is 6.77. The van der Waals surface area contributed by atoms with Crippen molar-refractivity contribution in [2.24, 2.45) is 5.92 Å². The van der Waals surface area contributed by atoms with Crippen molar-refractivity contribution in [3.05, 3.63) is 17.9 Å². The zero-order valence-electron chi connectivity index (χ0n) is 10.7. The lowest BCUT2D eigenvalue weighted by Crippen LogP contribution is -2.25. The monoisotopic (exact) mass is 295 g/mol. The van der Waals surface area contributed by atoms with Crippen molar-refractivity contribution in [1.29, 1.82) is 0 Å². The lowest BCUT2D eigenvalue weighted by Gasteiger charge is -2.22. The van der Waals surface area contributed by atoms with Crippen LogP contribution >= 0.6 is 11.6 Å². The molecule has 1 saturated heterocycles. The summed E-state index contributed by atoms with van der Waals surface area (Å²) in [6, 6.07) is 0. The lowest BCUT2D eigenvalue weighted by atomic mass is 10.0. The van der Waals surface area contributed by atoms with Crippen molar-refractivity contribution >= 4 is 17.5 Å². The molecule has 3 rings (SSSR count). The minimum atomic E-state index is 0.118. The van der Waals surface area contributed by atoms with E-state index < -0.39 is 0 Å². The molecule has 0 amide bonds. The fourth-order valence-corrected chi connectivity index (χ4v) is 2.19. The van der Waals surface area contributed by atoms with Crippen LogP contribution in [0.4, 0.5) is 5.95 Å². The van der Waals surface area contributed by atoms with Gasteiger partial charge in [0.15, 0.2) is 0 Å². The van der Waals surface area contributed by atoms with Crippen LogP contribution in [0.5, 0.6) is 0 Å². The number of nitrogens with zero attached hydrogens (tertiary/aromatic N) is 6. The maximum Gasteiger partial charge on any atom is 0.258 e. The van der Waals surface area contributed by atoms with Gasteiger partial charge < -0.3 is 10.1 Å². The van der Waals surface area contributed by atoms with Crippen LogP contribution in [0.25, 0.3) is 5.95 Å². The number of halogens is 1. The molecule has 0 aromatic carbocycles. The molecule has 106 valence electrons. The highest BCUT2D eigenvalue weighted by Crippen LogP contribution is 2.15. The third-order valence-corrected chi connectivity index (χ3v) is 3.19. The number of anilines is 1. The predicted octanol–water partition coefficient (Wildman–Crippen LogP) is 0.944. The number of aromatic nitrogens is 6. The Bertz CT molecular complexity index is 556. The van der Waals surface area contributed by atoms with E-state index >= 15 is 0 Å². The molecule has 1 unspecified atom stereocenters. The van der Waals surface area contributed by atoms with Crippen LogP contribution in [0, 0.1) is 5.92 Å². The Kier molecular flexibility index (Phi) is 4.03. The molecule has 0 saturated carbocycles. The normalized spacial score (nSPS) is 18.9. The van der Waals surface area contributed by atoms with Crippen molar-refractivity contribution in [1.82, 2.24) is 29.7 Å². The van der Waals surface area contributed by atoms with Crippen molar-refractivity contribution in [3.8, 4) is 5.95 Å². The molecular formula is C11H14ClN7O. The Morgan fingerprint density at radius 1 is 1.40 bits per heavy atom. The third kappa shape index (κ3) is 3.20. The summed E-state index contributed by atoms with van der Waals surface area (Å²) in [6.07, 6.45) is 5.14. The molecule has 9 heteroatoms. The van der Waals surface area contributed by atoms with E-state index in [1.54, 1.807) is 0 Å². The summed E-state index contributed by atoms with van der Waals surface area (Å²) in [5.74, 6) is 1.24. The number of hydrogen-bond donors (Lipinski definition) is 1. The fraction of sp³-hybridized carbons (Fsp3) is 0.545. The maximum atomic E-state index is 5.90. The number of rotatable bonds is 4. The van der Waals surface area contributed by atoms with E-state index in [1.807, 2.05) is 0 Å². The summed E-state index contributed by atoms with van der Waals surface area (Å²) < 4.78 is 6.87. The van der Waals surface area contributed by atoms with E-state index in [-0.39, 0.29) is 5.28 Å². The van der Waals surface area contributed by atoms with Crippen molar-refractivity contribution in [2.45, 2.75) is 12.8 Å². The van der Waals surface area contributed by atoms with Gasteiger partial charge in [-0.1, -0.05) is 0 Å². The van der Waals surface area contributed by atoms with Crippen LogP contribution < -0.4 is 5.32 Å². The molecule has 1 N–H and O–H groups in total. The number of hydrogen-bond acceptors (Lipinski definition) is 7. The maximum absolute atomic E-state index is 5.90. The third-order valence-electron chi connectivity index (χ3n) is 3.02. The van der Waals surface area contributed by atoms with Crippen LogP contribution in [-0.4, -0.2) is 49.5 Å². The highest BCUT2D eigenvalue weighted by Gasteiger charge is 2.15. The molecular weight excluding hydrogens is 282 g/mol. The van der Waals surface area contributed by atoms with Crippen molar-refractivity contribution in [3.63, 3.8) is 0 Å².